The summed E-state index contributed by atoms with van der Waals surface area (Å²) in [6, 6.07) is 17.8. The second kappa shape index (κ2) is 11.0. The molecule has 192 valence electrons. The lowest BCUT2D eigenvalue weighted by molar-refractivity contribution is -0.132. The van der Waals surface area contributed by atoms with Crippen LogP contribution >= 0.6 is 11.6 Å². The zero-order valence-corrected chi connectivity index (χ0v) is 21.8. The fourth-order valence-electron chi connectivity index (χ4n) is 4.32. The van der Waals surface area contributed by atoms with Gasteiger partial charge in [-0.15, -0.1) is 0 Å². The first-order valence-corrected chi connectivity index (χ1v) is 12.3. The highest BCUT2D eigenvalue weighted by molar-refractivity contribution is 6.51. The number of aliphatic hydroxyl groups is 1. The van der Waals surface area contributed by atoms with Crippen LogP contribution in [0.5, 0.6) is 17.2 Å². The Morgan fingerprint density at radius 2 is 1.76 bits per heavy atom. The van der Waals surface area contributed by atoms with Crippen LogP contribution < -0.4 is 19.1 Å². The van der Waals surface area contributed by atoms with Crippen molar-refractivity contribution in [3.8, 4) is 17.2 Å². The van der Waals surface area contributed by atoms with Gasteiger partial charge in [0, 0.05) is 10.7 Å². The molecule has 7 nitrogen and oxygen atoms in total. The van der Waals surface area contributed by atoms with Crippen LogP contribution in [0.1, 0.15) is 37.9 Å². The number of hydrogen-bond acceptors (Lipinski definition) is 6. The maximum atomic E-state index is 13.5. The number of hydrogen-bond donors (Lipinski definition) is 1. The van der Waals surface area contributed by atoms with E-state index in [1.165, 1.54) is 18.1 Å². The summed E-state index contributed by atoms with van der Waals surface area (Å²) < 4.78 is 16.8. The molecule has 8 heteroatoms. The van der Waals surface area contributed by atoms with Crippen molar-refractivity contribution < 1.29 is 28.9 Å². The number of anilines is 1. The van der Waals surface area contributed by atoms with E-state index in [9.17, 15) is 14.7 Å². The third-order valence-corrected chi connectivity index (χ3v) is 6.07. The molecule has 1 aliphatic heterocycles. The molecule has 1 saturated heterocycles. The molecule has 37 heavy (non-hydrogen) atoms. The first kappa shape index (κ1) is 26.1. The molecule has 0 radical (unpaired) electrons. The Balaban J connectivity index is 1.94. The summed E-state index contributed by atoms with van der Waals surface area (Å²) in [5, 5.41) is 11.8. The standard InChI is InChI=1S/C29H28ClNO6/c1-5-36-21-12-10-20(11-13-21)31-26(18-7-6-8-22(15-18)37-17(2)3)25(28(33)29(31)34)27(32)23-16-19(30)9-14-24(23)35-4/h6-17,26,32H,5H2,1-4H3/b27-25+. The second-order valence-electron chi connectivity index (χ2n) is 8.68. The van der Waals surface area contributed by atoms with Crippen molar-refractivity contribution in [2.75, 3.05) is 18.6 Å². The van der Waals surface area contributed by atoms with E-state index in [1.807, 2.05) is 20.8 Å². The van der Waals surface area contributed by atoms with Gasteiger partial charge >= 0.3 is 0 Å². The molecule has 1 N–H and O–H groups in total. The van der Waals surface area contributed by atoms with Crippen molar-refractivity contribution in [1.29, 1.82) is 0 Å². The van der Waals surface area contributed by atoms with E-state index in [4.69, 9.17) is 25.8 Å². The van der Waals surface area contributed by atoms with Gasteiger partial charge in [0.05, 0.1) is 37.0 Å². The van der Waals surface area contributed by atoms with E-state index in [2.05, 4.69) is 0 Å². The van der Waals surface area contributed by atoms with E-state index < -0.39 is 17.7 Å². The van der Waals surface area contributed by atoms with Gasteiger partial charge in [0.15, 0.2) is 0 Å². The number of carbonyl (C=O) groups excluding carboxylic acids is 2. The molecule has 1 fully saturated rings. The maximum absolute atomic E-state index is 13.5. The fraction of sp³-hybridized carbons (Fsp3) is 0.241. The maximum Gasteiger partial charge on any atom is 0.300 e. The van der Waals surface area contributed by atoms with Gasteiger partial charge in [0.25, 0.3) is 11.7 Å². The highest BCUT2D eigenvalue weighted by atomic mass is 35.5. The average molecular weight is 522 g/mol. The van der Waals surface area contributed by atoms with Gasteiger partial charge in [-0.3, -0.25) is 14.5 Å². The number of methoxy groups -OCH3 is 1. The molecule has 3 aromatic carbocycles. The molecular weight excluding hydrogens is 494 g/mol. The van der Waals surface area contributed by atoms with E-state index in [-0.39, 0.29) is 23.0 Å². The highest BCUT2D eigenvalue weighted by Crippen LogP contribution is 2.44. The molecular formula is C29H28ClNO6. The number of halogens is 1. The van der Waals surface area contributed by atoms with E-state index >= 15 is 0 Å². The number of Topliss-reactive ketones (excluding diaryl/α,β-unsaturated/α-hetero) is 1. The summed E-state index contributed by atoms with van der Waals surface area (Å²) in [5.41, 5.74) is 1.19. The minimum atomic E-state index is -0.933. The van der Waals surface area contributed by atoms with Crippen LogP contribution in [0.15, 0.2) is 72.3 Å². The lowest BCUT2D eigenvalue weighted by atomic mass is 9.94. The SMILES string of the molecule is CCOc1ccc(N2C(=O)C(=O)/C(=C(/O)c3cc(Cl)ccc3OC)C2c2cccc(OC(C)C)c2)cc1. The summed E-state index contributed by atoms with van der Waals surface area (Å²) in [7, 11) is 1.45. The third kappa shape index (κ3) is 5.27. The normalized spacial score (nSPS) is 16.8. The summed E-state index contributed by atoms with van der Waals surface area (Å²) in [6.45, 7) is 6.19. The summed E-state index contributed by atoms with van der Waals surface area (Å²) >= 11 is 6.20. The Morgan fingerprint density at radius 1 is 1.03 bits per heavy atom. The second-order valence-corrected chi connectivity index (χ2v) is 9.12. The Hall–Kier alpha value is -3.97. The van der Waals surface area contributed by atoms with E-state index in [0.717, 1.165) is 0 Å². The number of aliphatic hydroxyl groups excluding tert-OH is 1. The number of carbonyl (C=O) groups is 2. The zero-order chi connectivity index (χ0) is 26.7. The molecule has 3 aromatic rings. The Bertz CT molecular complexity index is 1350. The third-order valence-electron chi connectivity index (χ3n) is 5.83. The molecule has 1 heterocycles. The van der Waals surface area contributed by atoms with Crippen molar-refractivity contribution >= 4 is 34.7 Å². The van der Waals surface area contributed by atoms with Crippen LogP contribution in [0.25, 0.3) is 5.76 Å². The Labute approximate surface area is 220 Å². The molecule has 1 atom stereocenters. The molecule has 1 amide bonds. The number of ether oxygens (including phenoxy) is 3. The van der Waals surface area contributed by atoms with Crippen molar-refractivity contribution in [1.82, 2.24) is 0 Å². The molecule has 0 bridgehead atoms. The molecule has 1 aliphatic rings. The molecule has 1 unspecified atom stereocenters. The van der Waals surface area contributed by atoms with Gasteiger partial charge in [0.1, 0.15) is 23.0 Å². The Morgan fingerprint density at radius 3 is 2.41 bits per heavy atom. The number of benzene rings is 3. The van der Waals surface area contributed by atoms with Crippen molar-refractivity contribution in [2.24, 2.45) is 0 Å². The predicted octanol–water partition coefficient (Wildman–Crippen LogP) is 6.16. The van der Waals surface area contributed by atoms with Gasteiger partial charge in [0.2, 0.25) is 0 Å². The monoisotopic (exact) mass is 521 g/mol. The molecule has 0 spiro atoms. The number of rotatable bonds is 8. The molecule has 0 aromatic heterocycles. The first-order chi connectivity index (χ1) is 17.7. The van der Waals surface area contributed by atoms with Crippen LogP contribution in [0.4, 0.5) is 5.69 Å². The molecule has 4 rings (SSSR count). The number of ketones is 1. The summed E-state index contributed by atoms with van der Waals surface area (Å²) in [6.07, 6.45) is -0.0801. The molecule has 0 aliphatic carbocycles. The van der Waals surface area contributed by atoms with Crippen molar-refractivity contribution in [3.63, 3.8) is 0 Å². The largest absolute Gasteiger partial charge is 0.507 e. The van der Waals surface area contributed by atoms with Crippen LogP contribution in [-0.4, -0.2) is 36.6 Å². The van der Waals surface area contributed by atoms with Crippen LogP contribution in [0.3, 0.4) is 0 Å². The van der Waals surface area contributed by atoms with Gasteiger partial charge < -0.3 is 19.3 Å². The van der Waals surface area contributed by atoms with Crippen molar-refractivity contribution in [2.45, 2.75) is 32.9 Å². The van der Waals surface area contributed by atoms with E-state index in [1.54, 1.807) is 60.7 Å². The predicted molar refractivity (Wildman–Crippen MR) is 143 cm³/mol. The van der Waals surface area contributed by atoms with Gasteiger partial charge in [-0.25, -0.2) is 0 Å². The summed E-state index contributed by atoms with van der Waals surface area (Å²) in [5.74, 6) is -0.461. The lowest BCUT2D eigenvalue weighted by Crippen LogP contribution is -2.29. The highest BCUT2D eigenvalue weighted by Gasteiger charge is 2.47. The lowest BCUT2D eigenvalue weighted by Gasteiger charge is -2.26. The summed E-state index contributed by atoms with van der Waals surface area (Å²) in [4.78, 5) is 28.3. The van der Waals surface area contributed by atoms with Gasteiger partial charge in [-0.1, -0.05) is 23.7 Å². The van der Waals surface area contributed by atoms with Gasteiger partial charge in [-0.05, 0) is 80.9 Å². The van der Waals surface area contributed by atoms with Crippen LogP contribution in [0.2, 0.25) is 5.02 Å². The van der Waals surface area contributed by atoms with Crippen LogP contribution in [0, 0.1) is 0 Å². The minimum absolute atomic E-state index is 0.0801. The minimum Gasteiger partial charge on any atom is -0.507 e. The number of nitrogens with zero attached hydrogens (tertiary/aromatic N) is 1. The zero-order valence-electron chi connectivity index (χ0n) is 21.0. The first-order valence-electron chi connectivity index (χ1n) is 11.9. The topological polar surface area (TPSA) is 85.3 Å². The average Bonchev–Trinajstić information content (AvgIpc) is 3.14. The van der Waals surface area contributed by atoms with Crippen molar-refractivity contribution in [3.05, 3.63) is 88.5 Å². The van der Waals surface area contributed by atoms with Gasteiger partial charge in [-0.2, -0.15) is 0 Å². The van der Waals surface area contributed by atoms with Crippen LogP contribution in [-0.2, 0) is 9.59 Å². The smallest absolute Gasteiger partial charge is 0.300 e. The van der Waals surface area contributed by atoms with E-state index in [0.29, 0.717) is 40.1 Å². The Kier molecular flexibility index (Phi) is 7.74. The number of amides is 1. The fourth-order valence-corrected chi connectivity index (χ4v) is 4.50. The quantitative estimate of drug-likeness (QED) is 0.217. The molecule has 0 saturated carbocycles.